The summed E-state index contributed by atoms with van der Waals surface area (Å²) in [5.74, 6) is 1.42. The minimum atomic E-state index is 0.0143. The van der Waals surface area contributed by atoms with Crippen LogP contribution in [0, 0.1) is 11.8 Å². The summed E-state index contributed by atoms with van der Waals surface area (Å²) < 4.78 is 0. The first-order valence-corrected chi connectivity index (χ1v) is 9.41. The Morgan fingerprint density at radius 3 is 2.83 bits per heavy atom. The number of hydrogen-bond donors (Lipinski definition) is 3. The topological polar surface area (TPSA) is 122 Å². The van der Waals surface area contributed by atoms with Crippen LogP contribution < -0.4 is 11.1 Å². The molecule has 29 heavy (non-hydrogen) atoms. The average Bonchev–Trinajstić information content (AvgIpc) is 3.22. The molecule has 1 aliphatic rings. The monoisotopic (exact) mass is 385 g/mol. The first-order valence-electron chi connectivity index (χ1n) is 9.41. The number of hydrogen-bond acceptors (Lipinski definition) is 6. The summed E-state index contributed by atoms with van der Waals surface area (Å²) >= 11 is 0. The van der Waals surface area contributed by atoms with Crippen LogP contribution in [-0.4, -0.2) is 31.1 Å². The van der Waals surface area contributed by atoms with Gasteiger partial charge in [-0.05, 0) is 42.0 Å². The van der Waals surface area contributed by atoms with E-state index in [1.54, 1.807) is 24.8 Å². The highest BCUT2D eigenvalue weighted by Crippen LogP contribution is 2.38. The molecule has 0 radical (unpaired) electrons. The van der Waals surface area contributed by atoms with Gasteiger partial charge < -0.3 is 11.1 Å². The van der Waals surface area contributed by atoms with Gasteiger partial charge in [0.25, 0.3) is 0 Å². The second-order valence-corrected chi connectivity index (χ2v) is 7.38. The van der Waals surface area contributed by atoms with E-state index in [0.29, 0.717) is 23.2 Å². The molecule has 0 saturated heterocycles. The van der Waals surface area contributed by atoms with Crippen molar-refractivity contribution in [3.8, 4) is 22.5 Å². The minimum absolute atomic E-state index is 0.0143. The van der Waals surface area contributed by atoms with E-state index in [1.807, 2.05) is 24.3 Å². The molecule has 5 rings (SSSR count). The molecule has 4 N–H and O–H groups in total. The Kier molecular flexibility index (Phi) is 3.97. The van der Waals surface area contributed by atoms with Crippen LogP contribution >= 0.6 is 0 Å². The number of nitrogen functional groups attached to an aromatic ring is 1. The van der Waals surface area contributed by atoms with Crippen molar-refractivity contribution < 1.29 is 4.79 Å². The minimum Gasteiger partial charge on any atom is -0.383 e. The number of aromatic nitrogens is 5. The molecule has 8 heteroatoms. The van der Waals surface area contributed by atoms with Crippen LogP contribution in [0.1, 0.15) is 13.3 Å². The third-order valence-corrected chi connectivity index (χ3v) is 5.33. The summed E-state index contributed by atoms with van der Waals surface area (Å²) in [7, 11) is 0. The van der Waals surface area contributed by atoms with Crippen molar-refractivity contribution in [3.63, 3.8) is 0 Å². The number of pyridine rings is 3. The molecular weight excluding hydrogens is 366 g/mol. The van der Waals surface area contributed by atoms with E-state index < -0.39 is 0 Å². The predicted octanol–water partition coefficient (Wildman–Crippen LogP) is 3.26. The van der Waals surface area contributed by atoms with E-state index in [1.165, 1.54) is 0 Å². The molecule has 4 aromatic heterocycles. The van der Waals surface area contributed by atoms with Crippen LogP contribution in [0.3, 0.4) is 0 Å². The second-order valence-electron chi connectivity index (χ2n) is 7.38. The molecule has 0 unspecified atom stereocenters. The Bertz CT molecular complexity index is 1220. The van der Waals surface area contributed by atoms with Crippen molar-refractivity contribution in [2.24, 2.45) is 11.8 Å². The second kappa shape index (κ2) is 6.66. The third-order valence-electron chi connectivity index (χ3n) is 5.33. The number of H-pyrrole nitrogens is 1. The molecule has 0 aliphatic heterocycles. The van der Waals surface area contributed by atoms with Gasteiger partial charge in [0.1, 0.15) is 11.6 Å². The van der Waals surface area contributed by atoms with Gasteiger partial charge in [0, 0.05) is 47.2 Å². The number of nitrogens with zero attached hydrogens (tertiary/aromatic N) is 4. The third kappa shape index (κ3) is 3.18. The average molecular weight is 385 g/mol. The fraction of sp³-hybridized carbons (Fsp3) is 0.190. The first kappa shape index (κ1) is 17.3. The maximum Gasteiger partial charge on any atom is 0.228 e. The summed E-state index contributed by atoms with van der Waals surface area (Å²) in [5.41, 5.74) is 9.52. The smallest absolute Gasteiger partial charge is 0.228 e. The van der Waals surface area contributed by atoms with Crippen molar-refractivity contribution in [1.82, 2.24) is 25.1 Å². The number of anilines is 2. The van der Waals surface area contributed by atoms with Gasteiger partial charge in [-0.3, -0.25) is 14.9 Å². The Balaban J connectivity index is 1.57. The summed E-state index contributed by atoms with van der Waals surface area (Å²) in [6.45, 7) is 2.07. The highest BCUT2D eigenvalue weighted by atomic mass is 16.2. The van der Waals surface area contributed by atoms with Gasteiger partial charge in [-0.1, -0.05) is 6.92 Å². The van der Waals surface area contributed by atoms with Crippen molar-refractivity contribution in [2.75, 3.05) is 11.1 Å². The largest absolute Gasteiger partial charge is 0.383 e. The molecule has 1 amide bonds. The maximum atomic E-state index is 12.2. The fourth-order valence-corrected chi connectivity index (χ4v) is 3.53. The van der Waals surface area contributed by atoms with Gasteiger partial charge in [0.2, 0.25) is 5.91 Å². The van der Waals surface area contributed by atoms with E-state index in [2.05, 4.69) is 37.4 Å². The number of amides is 1. The van der Waals surface area contributed by atoms with E-state index in [4.69, 9.17) is 5.73 Å². The highest BCUT2D eigenvalue weighted by Gasteiger charge is 2.39. The van der Waals surface area contributed by atoms with Crippen LogP contribution in [0.15, 0.2) is 49.1 Å². The van der Waals surface area contributed by atoms with Gasteiger partial charge in [-0.25, -0.2) is 9.97 Å². The molecular formula is C21H19N7O. The maximum absolute atomic E-state index is 12.2. The molecule has 8 nitrogen and oxygen atoms in total. The van der Waals surface area contributed by atoms with Crippen LogP contribution in [-0.2, 0) is 4.79 Å². The van der Waals surface area contributed by atoms with Crippen LogP contribution in [0.25, 0.3) is 33.3 Å². The number of rotatable bonds is 4. The lowest BCUT2D eigenvalue weighted by molar-refractivity contribution is -0.117. The molecule has 144 valence electrons. The summed E-state index contributed by atoms with van der Waals surface area (Å²) in [4.78, 5) is 25.4. The zero-order valence-corrected chi connectivity index (χ0v) is 15.8. The SMILES string of the molecule is C[C@H]1C[C@@H]1C(=O)Nc1cc2cc(-c3cnccc3-c3ccn[nH]3)nc(N)c2cn1. The standard InChI is InChI=1S/C21H19N7O/c1-11-6-14(11)21(29)27-19-8-12-7-18(26-20(22)15(12)10-24-19)16-9-23-4-2-13(16)17-3-5-25-28-17/h2-5,7-11,14H,6H2,1H3,(H2,22,26)(H,25,28)(H,24,27,29)/t11-,14-/m0/s1. The predicted molar refractivity (Wildman–Crippen MR) is 111 cm³/mol. The number of carbonyl (C=O) groups excluding carboxylic acids is 1. The lowest BCUT2D eigenvalue weighted by Gasteiger charge is -2.11. The number of aromatic amines is 1. The lowest BCUT2D eigenvalue weighted by Crippen LogP contribution is -2.15. The summed E-state index contributed by atoms with van der Waals surface area (Å²) in [6, 6.07) is 7.55. The quantitative estimate of drug-likeness (QED) is 0.495. The molecule has 0 aromatic carbocycles. The molecule has 1 aliphatic carbocycles. The Labute approximate surface area is 166 Å². The molecule has 0 bridgehead atoms. The Morgan fingerprint density at radius 1 is 1.21 bits per heavy atom. The van der Waals surface area contributed by atoms with Crippen molar-refractivity contribution in [3.05, 3.63) is 49.1 Å². The molecule has 1 fully saturated rings. The number of fused-ring (bicyclic) bond motifs is 1. The van der Waals surface area contributed by atoms with Crippen LogP contribution in [0.2, 0.25) is 0 Å². The molecule has 4 heterocycles. The number of carbonyl (C=O) groups is 1. The fourth-order valence-electron chi connectivity index (χ4n) is 3.53. The van der Waals surface area contributed by atoms with Crippen LogP contribution in [0.4, 0.5) is 11.6 Å². The Hall–Kier alpha value is -3.81. The lowest BCUT2D eigenvalue weighted by atomic mass is 10.0. The molecule has 1 saturated carbocycles. The summed E-state index contributed by atoms with van der Waals surface area (Å²) in [6.07, 6.45) is 7.75. The van der Waals surface area contributed by atoms with Gasteiger partial charge in [0.15, 0.2) is 0 Å². The molecule has 0 spiro atoms. The van der Waals surface area contributed by atoms with Crippen LogP contribution in [0.5, 0.6) is 0 Å². The zero-order chi connectivity index (χ0) is 20.0. The normalized spacial score (nSPS) is 18.0. The van der Waals surface area contributed by atoms with E-state index in [0.717, 1.165) is 34.0 Å². The first-order chi connectivity index (χ1) is 14.1. The summed E-state index contributed by atoms with van der Waals surface area (Å²) in [5, 5.41) is 11.5. The van der Waals surface area contributed by atoms with Gasteiger partial charge in [-0.2, -0.15) is 5.10 Å². The van der Waals surface area contributed by atoms with Gasteiger partial charge >= 0.3 is 0 Å². The van der Waals surface area contributed by atoms with Crippen molar-refractivity contribution in [1.29, 1.82) is 0 Å². The Morgan fingerprint density at radius 2 is 2.07 bits per heavy atom. The van der Waals surface area contributed by atoms with Gasteiger partial charge in [0.05, 0.1) is 11.4 Å². The van der Waals surface area contributed by atoms with E-state index >= 15 is 0 Å². The number of nitrogens with one attached hydrogen (secondary N) is 2. The molecule has 2 atom stereocenters. The van der Waals surface area contributed by atoms with E-state index in [-0.39, 0.29) is 11.8 Å². The highest BCUT2D eigenvalue weighted by molar-refractivity contribution is 5.99. The van der Waals surface area contributed by atoms with Crippen molar-refractivity contribution >= 4 is 28.3 Å². The zero-order valence-electron chi connectivity index (χ0n) is 15.8. The van der Waals surface area contributed by atoms with Gasteiger partial charge in [-0.15, -0.1) is 0 Å². The molecule has 4 aromatic rings. The van der Waals surface area contributed by atoms with E-state index in [9.17, 15) is 4.79 Å². The number of nitrogens with two attached hydrogens (primary N) is 1. The van der Waals surface area contributed by atoms with Crippen molar-refractivity contribution in [2.45, 2.75) is 13.3 Å².